The van der Waals surface area contributed by atoms with Crippen LogP contribution in [0.5, 0.6) is 0 Å². The first-order valence-corrected chi connectivity index (χ1v) is 12.1. The average Bonchev–Trinajstić information content (AvgIpc) is 2.94. The molecule has 6 rings (SSSR count). The van der Waals surface area contributed by atoms with Gasteiger partial charge in [0.1, 0.15) is 17.7 Å². The summed E-state index contributed by atoms with van der Waals surface area (Å²) >= 11 is 0. The molecule has 7 nitrogen and oxygen atoms in total. The normalized spacial score (nSPS) is 42.4. The molecule has 1 heterocycles. The lowest BCUT2D eigenvalue weighted by Gasteiger charge is -2.62. The molecule has 5 aliphatic carbocycles. The van der Waals surface area contributed by atoms with Crippen molar-refractivity contribution >= 4 is 12.0 Å². The lowest BCUT2D eigenvalue weighted by molar-refractivity contribution is -0.180. The Morgan fingerprint density at radius 2 is 1.94 bits per heavy atom. The number of hydrogen-bond acceptors (Lipinski definition) is 5. The summed E-state index contributed by atoms with van der Waals surface area (Å²) in [5.74, 6) is 0.767. The molecule has 6 aliphatic rings. The minimum Gasteiger partial charge on any atom is -0.444 e. The Kier molecular flexibility index (Phi) is 4.73. The second-order valence-electron chi connectivity index (χ2n) is 12.3. The highest BCUT2D eigenvalue weighted by molar-refractivity contribution is 5.88. The quantitative estimate of drug-likeness (QED) is 0.655. The Morgan fingerprint density at radius 1 is 1.28 bits per heavy atom. The molecular formula is C25H35N3O4. The number of carbonyl (C=O) groups excluding carboxylic acids is 2. The maximum absolute atomic E-state index is 14.2. The number of fused-ring (bicyclic) bond motifs is 1. The van der Waals surface area contributed by atoms with Crippen molar-refractivity contribution in [2.45, 2.75) is 102 Å². The first-order valence-electron chi connectivity index (χ1n) is 12.1. The average molecular weight is 442 g/mol. The van der Waals surface area contributed by atoms with E-state index in [-0.39, 0.29) is 17.9 Å². The maximum Gasteiger partial charge on any atom is 0.408 e. The van der Waals surface area contributed by atoms with Gasteiger partial charge in [-0.05, 0) is 82.6 Å². The molecule has 5 fully saturated rings. The molecule has 1 aliphatic heterocycles. The van der Waals surface area contributed by atoms with Gasteiger partial charge in [0.25, 0.3) is 0 Å². The third kappa shape index (κ3) is 3.42. The van der Waals surface area contributed by atoms with Crippen LogP contribution >= 0.6 is 0 Å². The predicted octanol–water partition coefficient (Wildman–Crippen LogP) is 3.28. The molecule has 4 saturated carbocycles. The molecule has 6 unspecified atom stereocenters. The summed E-state index contributed by atoms with van der Waals surface area (Å²) in [5.41, 5.74) is -0.782. The van der Waals surface area contributed by atoms with Crippen molar-refractivity contribution in [2.75, 3.05) is 0 Å². The fraction of sp³-hybridized carbons (Fsp3) is 0.800. The van der Waals surface area contributed by atoms with Gasteiger partial charge in [0, 0.05) is 11.8 Å². The fourth-order valence-corrected chi connectivity index (χ4v) is 7.95. The molecule has 4 bridgehead atoms. The molecule has 174 valence electrons. The van der Waals surface area contributed by atoms with Crippen LogP contribution in [0.2, 0.25) is 0 Å². The fourth-order valence-electron chi connectivity index (χ4n) is 7.95. The van der Waals surface area contributed by atoms with Crippen LogP contribution in [0.25, 0.3) is 0 Å². The van der Waals surface area contributed by atoms with E-state index in [9.17, 15) is 20.0 Å². The number of aliphatic hydroxyl groups is 1. The van der Waals surface area contributed by atoms with Crippen LogP contribution in [0.15, 0.2) is 11.6 Å². The van der Waals surface area contributed by atoms with E-state index in [0.29, 0.717) is 24.7 Å². The summed E-state index contributed by atoms with van der Waals surface area (Å²) in [6, 6.07) is 0.948. The lowest BCUT2D eigenvalue weighted by atomic mass is 9.46. The smallest absolute Gasteiger partial charge is 0.408 e. The first-order chi connectivity index (χ1) is 14.9. The van der Waals surface area contributed by atoms with Gasteiger partial charge in [0.2, 0.25) is 5.91 Å². The Hall–Kier alpha value is -2.07. The molecule has 6 atom stereocenters. The number of nitrogens with zero attached hydrogens (tertiary/aromatic N) is 2. The van der Waals surface area contributed by atoms with Gasteiger partial charge in [-0.2, -0.15) is 5.26 Å². The van der Waals surface area contributed by atoms with Crippen LogP contribution in [-0.2, 0) is 9.53 Å². The van der Waals surface area contributed by atoms with Crippen molar-refractivity contribution in [3.05, 3.63) is 11.6 Å². The standard InChI is InChI=1S/C25H35N3O4/c1-14-5-17-7-18(12-26)28(19(14)17)21(29)20(27-22(30)32-23(2,3)4)24-8-15-6-16(9-24)11-25(31,10-15)13-24/h5,14-16,18-20,31H,6-11,13H2,1-4H3,(H,27,30). The van der Waals surface area contributed by atoms with Gasteiger partial charge in [0.05, 0.1) is 17.7 Å². The largest absolute Gasteiger partial charge is 0.444 e. The zero-order valence-corrected chi connectivity index (χ0v) is 19.6. The number of hydrogen-bond donors (Lipinski definition) is 2. The minimum atomic E-state index is -0.794. The van der Waals surface area contributed by atoms with E-state index < -0.39 is 34.8 Å². The molecule has 0 aromatic rings. The third-order valence-corrected chi connectivity index (χ3v) is 8.42. The zero-order valence-electron chi connectivity index (χ0n) is 19.6. The summed E-state index contributed by atoms with van der Waals surface area (Å²) in [7, 11) is 0. The first kappa shape index (κ1) is 21.8. The van der Waals surface area contributed by atoms with Crippen molar-refractivity contribution < 1.29 is 19.4 Å². The Bertz CT molecular complexity index is 899. The number of alkyl carbamates (subject to hydrolysis) is 1. The van der Waals surface area contributed by atoms with Crippen LogP contribution in [0.4, 0.5) is 4.79 Å². The summed E-state index contributed by atoms with van der Waals surface area (Å²) < 4.78 is 5.55. The SMILES string of the molecule is CC1C=C2CC(C#N)N(C(=O)C(NC(=O)OC(C)(C)C)C34CC5CC(CC(O)(C5)C3)C4)C21. The molecule has 7 heteroatoms. The van der Waals surface area contributed by atoms with Gasteiger partial charge in [-0.3, -0.25) is 4.79 Å². The number of ether oxygens (including phenoxy) is 1. The monoisotopic (exact) mass is 441 g/mol. The Balaban J connectivity index is 1.49. The van der Waals surface area contributed by atoms with Crippen LogP contribution in [0.1, 0.15) is 72.6 Å². The number of likely N-dealkylation sites (tertiary alicyclic amines) is 1. The lowest BCUT2D eigenvalue weighted by Crippen LogP contribution is -2.67. The zero-order chi connectivity index (χ0) is 23.1. The van der Waals surface area contributed by atoms with E-state index in [1.54, 1.807) is 25.7 Å². The number of rotatable bonds is 3. The second-order valence-corrected chi connectivity index (χ2v) is 12.3. The van der Waals surface area contributed by atoms with E-state index in [2.05, 4.69) is 24.4 Å². The predicted molar refractivity (Wildman–Crippen MR) is 117 cm³/mol. The molecular weight excluding hydrogens is 406 g/mol. The van der Waals surface area contributed by atoms with Crippen LogP contribution in [-0.4, -0.2) is 51.3 Å². The summed E-state index contributed by atoms with van der Waals surface area (Å²) in [4.78, 5) is 28.8. The molecule has 1 saturated heterocycles. The number of nitriles is 1. The summed E-state index contributed by atoms with van der Waals surface area (Å²) in [5, 5.41) is 24.1. The van der Waals surface area contributed by atoms with Crippen molar-refractivity contribution in [2.24, 2.45) is 23.2 Å². The van der Waals surface area contributed by atoms with E-state index in [4.69, 9.17) is 4.74 Å². The topological polar surface area (TPSA) is 103 Å². The van der Waals surface area contributed by atoms with Crippen LogP contribution in [0, 0.1) is 34.5 Å². The molecule has 0 aromatic heterocycles. The summed E-state index contributed by atoms with van der Waals surface area (Å²) in [6.07, 6.45) is 6.96. The molecule has 2 N–H and O–H groups in total. The minimum absolute atomic E-state index is 0.0629. The van der Waals surface area contributed by atoms with Crippen molar-refractivity contribution in [1.29, 1.82) is 5.26 Å². The second kappa shape index (κ2) is 6.96. The molecule has 0 aromatic carbocycles. The highest BCUT2D eigenvalue weighted by Crippen LogP contribution is 2.63. The Labute approximate surface area is 190 Å². The van der Waals surface area contributed by atoms with E-state index in [0.717, 1.165) is 37.7 Å². The molecule has 2 amide bonds. The number of nitrogens with one attached hydrogen (secondary N) is 1. The van der Waals surface area contributed by atoms with Gasteiger partial charge < -0.3 is 20.1 Å². The van der Waals surface area contributed by atoms with Crippen LogP contribution < -0.4 is 5.32 Å². The van der Waals surface area contributed by atoms with E-state index in [1.165, 1.54) is 0 Å². The van der Waals surface area contributed by atoms with Gasteiger partial charge in [-0.25, -0.2) is 4.79 Å². The molecule has 0 radical (unpaired) electrons. The Morgan fingerprint density at radius 3 is 2.47 bits per heavy atom. The van der Waals surface area contributed by atoms with Crippen molar-refractivity contribution in [3.63, 3.8) is 0 Å². The third-order valence-electron chi connectivity index (χ3n) is 8.42. The van der Waals surface area contributed by atoms with Gasteiger partial charge >= 0.3 is 6.09 Å². The number of amides is 2. The number of carbonyl (C=O) groups is 2. The van der Waals surface area contributed by atoms with Gasteiger partial charge in [-0.1, -0.05) is 13.0 Å². The van der Waals surface area contributed by atoms with Crippen molar-refractivity contribution in [1.82, 2.24) is 10.2 Å². The highest BCUT2D eigenvalue weighted by Gasteiger charge is 2.63. The van der Waals surface area contributed by atoms with Crippen LogP contribution in [0.3, 0.4) is 0 Å². The van der Waals surface area contributed by atoms with Gasteiger partial charge in [0.15, 0.2) is 0 Å². The summed E-state index contributed by atoms with van der Waals surface area (Å²) in [6.45, 7) is 7.47. The van der Waals surface area contributed by atoms with Crippen molar-refractivity contribution in [3.8, 4) is 6.07 Å². The molecule has 0 spiro atoms. The maximum atomic E-state index is 14.2. The van der Waals surface area contributed by atoms with E-state index in [1.807, 2.05) is 0 Å². The highest BCUT2D eigenvalue weighted by atomic mass is 16.6. The van der Waals surface area contributed by atoms with E-state index >= 15 is 0 Å². The molecule has 32 heavy (non-hydrogen) atoms. The van der Waals surface area contributed by atoms with Gasteiger partial charge in [-0.15, -0.1) is 0 Å².